The number of para-hydroxylation sites is 1. The molecule has 1 aromatic heterocycles. The van der Waals surface area contributed by atoms with E-state index in [2.05, 4.69) is 17.2 Å². The number of urea groups is 1. The van der Waals surface area contributed by atoms with E-state index < -0.39 is 6.03 Å². The number of benzene rings is 3. The van der Waals surface area contributed by atoms with Crippen LogP contribution in [0, 0.1) is 5.82 Å². The van der Waals surface area contributed by atoms with Gasteiger partial charge in [-0.25, -0.2) is 9.18 Å². The van der Waals surface area contributed by atoms with E-state index in [4.69, 9.17) is 11.6 Å². The largest absolute Gasteiger partial charge is 0.322 e. The van der Waals surface area contributed by atoms with Crippen molar-refractivity contribution < 1.29 is 9.18 Å². The zero-order valence-electron chi connectivity index (χ0n) is 18.1. The lowest BCUT2D eigenvalue weighted by Crippen LogP contribution is -2.35. The van der Waals surface area contributed by atoms with Gasteiger partial charge in [0.15, 0.2) is 0 Å². The van der Waals surface area contributed by atoms with Crippen LogP contribution in [0.25, 0.3) is 10.9 Å². The number of aromatic amines is 1. The third kappa shape index (κ3) is 5.41. The molecule has 0 fully saturated rings. The van der Waals surface area contributed by atoms with Crippen molar-refractivity contribution in [3.63, 3.8) is 0 Å². The molecule has 0 aliphatic heterocycles. The standard InChI is InChI=1S/C26H23ClFN3O2/c1-2-17-9-12-23-19(13-17)14-20(25(32)29-23)16-31(15-18-7-10-21(28)11-8-18)26(33)30-24-6-4-3-5-22(24)27/h3-14H,2,15-16H2,1H3,(H,29,32)(H,30,33). The molecule has 0 saturated heterocycles. The van der Waals surface area contributed by atoms with Crippen LogP contribution in [0.5, 0.6) is 0 Å². The van der Waals surface area contributed by atoms with Crippen LogP contribution in [0.2, 0.25) is 5.02 Å². The fourth-order valence-corrected chi connectivity index (χ4v) is 3.79. The molecule has 0 radical (unpaired) electrons. The number of hydrogen-bond acceptors (Lipinski definition) is 2. The van der Waals surface area contributed by atoms with Crippen molar-refractivity contribution in [1.29, 1.82) is 0 Å². The summed E-state index contributed by atoms with van der Waals surface area (Å²) in [5, 5.41) is 4.11. The molecule has 5 nitrogen and oxygen atoms in total. The van der Waals surface area contributed by atoms with Crippen molar-refractivity contribution in [2.24, 2.45) is 0 Å². The first kappa shape index (κ1) is 22.6. The van der Waals surface area contributed by atoms with Gasteiger partial charge in [0.25, 0.3) is 5.56 Å². The summed E-state index contributed by atoms with van der Waals surface area (Å²) in [5.74, 6) is -0.358. The average Bonchev–Trinajstić information content (AvgIpc) is 2.81. The molecule has 0 unspecified atom stereocenters. The highest BCUT2D eigenvalue weighted by atomic mass is 35.5. The third-order valence-electron chi connectivity index (χ3n) is 5.44. The number of aromatic nitrogens is 1. The molecule has 0 aliphatic rings. The van der Waals surface area contributed by atoms with Gasteiger partial charge in [0.1, 0.15) is 5.82 Å². The maximum Gasteiger partial charge on any atom is 0.322 e. The van der Waals surface area contributed by atoms with Gasteiger partial charge in [-0.3, -0.25) is 4.79 Å². The molecule has 2 N–H and O–H groups in total. The number of anilines is 1. The van der Waals surface area contributed by atoms with Gasteiger partial charge in [-0.15, -0.1) is 0 Å². The van der Waals surface area contributed by atoms with Gasteiger partial charge in [0, 0.05) is 17.6 Å². The Hall–Kier alpha value is -3.64. The number of nitrogens with zero attached hydrogens (tertiary/aromatic N) is 1. The SMILES string of the molecule is CCc1ccc2[nH]c(=O)c(CN(Cc3ccc(F)cc3)C(=O)Nc3ccccc3Cl)cc2c1. The number of halogens is 2. The second kappa shape index (κ2) is 9.88. The Balaban J connectivity index is 1.67. The fourth-order valence-electron chi connectivity index (χ4n) is 3.61. The number of fused-ring (bicyclic) bond motifs is 1. The van der Waals surface area contributed by atoms with Crippen molar-refractivity contribution in [3.8, 4) is 0 Å². The fraction of sp³-hybridized carbons (Fsp3) is 0.154. The minimum absolute atomic E-state index is 0.0648. The second-order valence-corrected chi connectivity index (χ2v) is 8.20. The Kier molecular flexibility index (Phi) is 6.75. The van der Waals surface area contributed by atoms with Crippen LogP contribution in [0.15, 0.2) is 77.6 Å². The monoisotopic (exact) mass is 463 g/mol. The van der Waals surface area contributed by atoms with Gasteiger partial charge < -0.3 is 15.2 Å². The van der Waals surface area contributed by atoms with Crippen LogP contribution >= 0.6 is 11.6 Å². The molecular formula is C26H23ClFN3O2. The summed E-state index contributed by atoms with van der Waals surface area (Å²) in [6.45, 7) is 2.32. The van der Waals surface area contributed by atoms with Crippen LogP contribution < -0.4 is 10.9 Å². The summed E-state index contributed by atoms with van der Waals surface area (Å²) in [6.07, 6.45) is 0.876. The van der Waals surface area contributed by atoms with Gasteiger partial charge in [-0.05, 0) is 65.4 Å². The van der Waals surface area contributed by atoms with E-state index >= 15 is 0 Å². The average molecular weight is 464 g/mol. The van der Waals surface area contributed by atoms with Gasteiger partial charge >= 0.3 is 6.03 Å². The Bertz CT molecular complexity index is 1350. The summed E-state index contributed by atoms with van der Waals surface area (Å²) in [7, 11) is 0. The van der Waals surface area contributed by atoms with Crippen molar-refractivity contribution in [2.45, 2.75) is 26.4 Å². The lowest BCUT2D eigenvalue weighted by Gasteiger charge is -2.23. The smallest absolute Gasteiger partial charge is 0.322 e. The highest BCUT2D eigenvalue weighted by molar-refractivity contribution is 6.33. The maximum absolute atomic E-state index is 13.4. The highest BCUT2D eigenvalue weighted by Crippen LogP contribution is 2.22. The topological polar surface area (TPSA) is 65.2 Å². The maximum atomic E-state index is 13.4. The molecule has 0 atom stereocenters. The van der Waals surface area contributed by atoms with Gasteiger partial charge in [-0.1, -0.05) is 48.9 Å². The summed E-state index contributed by atoms with van der Waals surface area (Å²) in [6, 6.07) is 20.1. The summed E-state index contributed by atoms with van der Waals surface area (Å²) >= 11 is 6.20. The number of rotatable bonds is 6. The molecule has 4 rings (SSSR count). The Labute approximate surface area is 195 Å². The number of pyridine rings is 1. The first-order valence-electron chi connectivity index (χ1n) is 10.6. The molecular weight excluding hydrogens is 441 g/mol. The van der Waals surface area contributed by atoms with Crippen LogP contribution in [0.1, 0.15) is 23.6 Å². The lowest BCUT2D eigenvalue weighted by molar-refractivity contribution is 0.206. The highest BCUT2D eigenvalue weighted by Gasteiger charge is 2.18. The van der Waals surface area contributed by atoms with E-state index in [9.17, 15) is 14.0 Å². The molecule has 33 heavy (non-hydrogen) atoms. The van der Waals surface area contributed by atoms with E-state index in [-0.39, 0.29) is 24.5 Å². The minimum atomic E-state index is -0.422. The Morgan fingerprint density at radius 3 is 2.45 bits per heavy atom. The van der Waals surface area contributed by atoms with Crippen molar-refractivity contribution in [1.82, 2.24) is 9.88 Å². The van der Waals surface area contributed by atoms with Crippen LogP contribution in [-0.2, 0) is 19.5 Å². The van der Waals surface area contributed by atoms with Crippen LogP contribution in [-0.4, -0.2) is 15.9 Å². The third-order valence-corrected chi connectivity index (χ3v) is 5.77. The Morgan fingerprint density at radius 2 is 1.73 bits per heavy atom. The normalized spacial score (nSPS) is 10.9. The number of carbonyl (C=O) groups excluding carboxylic acids is 1. The summed E-state index contributed by atoms with van der Waals surface area (Å²) < 4.78 is 13.4. The van der Waals surface area contributed by atoms with Crippen LogP contribution in [0.3, 0.4) is 0 Å². The van der Waals surface area contributed by atoms with Crippen LogP contribution in [0.4, 0.5) is 14.9 Å². The van der Waals surface area contributed by atoms with E-state index in [0.717, 1.165) is 28.5 Å². The Morgan fingerprint density at radius 1 is 1.00 bits per heavy atom. The zero-order chi connectivity index (χ0) is 23.4. The van der Waals surface area contributed by atoms with E-state index in [0.29, 0.717) is 16.3 Å². The van der Waals surface area contributed by atoms with E-state index in [1.54, 1.807) is 36.4 Å². The number of nitrogens with one attached hydrogen (secondary N) is 2. The number of aryl methyl sites for hydroxylation is 1. The van der Waals surface area contributed by atoms with Gasteiger partial charge in [0.2, 0.25) is 0 Å². The van der Waals surface area contributed by atoms with E-state index in [1.807, 2.05) is 24.3 Å². The van der Waals surface area contributed by atoms with Crippen molar-refractivity contribution in [2.75, 3.05) is 5.32 Å². The van der Waals surface area contributed by atoms with Crippen molar-refractivity contribution in [3.05, 3.63) is 111 Å². The zero-order valence-corrected chi connectivity index (χ0v) is 18.8. The number of hydrogen-bond donors (Lipinski definition) is 2. The molecule has 0 saturated carbocycles. The van der Waals surface area contributed by atoms with Gasteiger partial charge in [0.05, 0.1) is 17.3 Å². The quantitative estimate of drug-likeness (QED) is 0.362. The summed E-state index contributed by atoms with van der Waals surface area (Å²) in [4.78, 5) is 30.4. The second-order valence-electron chi connectivity index (χ2n) is 7.79. The van der Waals surface area contributed by atoms with Crippen molar-refractivity contribution >= 4 is 34.2 Å². The lowest BCUT2D eigenvalue weighted by atomic mass is 10.1. The number of amides is 2. The molecule has 2 amide bonds. The molecule has 7 heteroatoms. The van der Waals surface area contributed by atoms with Gasteiger partial charge in [-0.2, -0.15) is 0 Å². The number of carbonyl (C=O) groups is 1. The molecule has 168 valence electrons. The molecule has 0 bridgehead atoms. The predicted molar refractivity (Wildman–Crippen MR) is 130 cm³/mol. The minimum Gasteiger partial charge on any atom is -0.322 e. The molecule has 4 aromatic rings. The first-order chi connectivity index (χ1) is 15.9. The van der Waals surface area contributed by atoms with E-state index in [1.165, 1.54) is 17.0 Å². The summed E-state index contributed by atoms with van der Waals surface area (Å²) in [5.41, 5.74) is 3.28. The molecule has 0 aliphatic carbocycles. The number of H-pyrrole nitrogens is 1. The molecule has 3 aromatic carbocycles. The molecule has 1 heterocycles. The predicted octanol–water partition coefficient (Wildman–Crippen LogP) is 6.12. The first-order valence-corrected chi connectivity index (χ1v) is 11.0. The molecule has 0 spiro atoms.